The van der Waals surface area contributed by atoms with Crippen LogP contribution in [0.2, 0.25) is 0 Å². The highest BCUT2D eigenvalue weighted by atomic mass is 32.2. The second-order valence-electron chi connectivity index (χ2n) is 7.66. The maximum atomic E-state index is 14.8. The Morgan fingerprint density at radius 1 is 1.25 bits per heavy atom. The van der Waals surface area contributed by atoms with Gasteiger partial charge in [0.15, 0.2) is 5.67 Å². The normalized spacial score (nSPS) is 21.3. The number of hydrogen-bond donors (Lipinski definition) is 2. The van der Waals surface area contributed by atoms with Crippen LogP contribution >= 0.6 is 11.8 Å². The SMILES string of the molecule is COC[C@@]1(F)C[C@@H](C(=O)O)N(C(=O)CNC(=O)c2ccc3c(c2)Oc2ccccc2S3)C1. The number of methoxy groups -OCH3 is 1. The number of alkyl halides is 1. The summed E-state index contributed by atoms with van der Waals surface area (Å²) in [7, 11) is 1.31. The van der Waals surface area contributed by atoms with E-state index in [0.717, 1.165) is 14.7 Å². The van der Waals surface area contributed by atoms with Crippen molar-refractivity contribution in [3.63, 3.8) is 0 Å². The minimum atomic E-state index is -1.94. The molecule has 2 aliphatic rings. The Kier molecular flexibility index (Phi) is 6.07. The van der Waals surface area contributed by atoms with Crippen LogP contribution in [0.25, 0.3) is 0 Å². The van der Waals surface area contributed by atoms with Crippen LogP contribution in [0.5, 0.6) is 11.5 Å². The van der Waals surface area contributed by atoms with Crippen LogP contribution in [0, 0.1) is 0 Å². The van der Waals surface area contributed by atoms with Crippen molar-refractivity contribution in [3.8, 4) is 11.5 Å². The molecule has 10 heteroatoms. The topological polar surface area (TPSA) is 105 Å². The fourth-order valence-corrected chi connectivity index (χ4v) is 4.74. The number of para-hydroxylation sites is 1. The smallest absolute Gasteiger partial charge is 0.326 e. The van der Waals surface area contributed by atoms with Gasteiger partial charge in [-0.15, -0.1) is 0 Å². The van der Waals surface area contributed by atoms with Crippen molar-refractivity contribution in [1.29, 1.82) is 0 Å². The monoisotopic (exact) mass is 460 g/mol. The summed E-state index contributed by atoms with van der Waals surface area (Å²) in [5, 5.41) is 11.8. The van der Waals surface area contributed by atoms with Gasteiger partial charge in [-0.3, -0.25) is 9.59 Å². The maximum absolute atomic E-state index is 14.8. The number of amides is 2. The van der Waals surface area contributed by atoms with E-state index in [1.54, 1.807) is 18.2 Å². The Hall–Kier alpha value is -3.11. The van der Waals surface area contributed by atoms with Crippen LogP contribution in [-0.2, 0) is 14.3 Å². The summed E-state index contributed by atoms with van der Waals surface area (Å²) in [6, 6.07) is 11.2. The van der Waals surface area contributed by atoms with E-state index < -0.39 is 42.6 Å². The van der Waals surface area contributed by atoms with Gasteiger partial charge in [-0.1, -0.05) is 23.9 Å². The van der Waals surface area contributed by atoms with Crippen molar-refractivity contribution in [2.75, 3.05) is 26.8 Å². The number of hydrogen-bond acceptors (Lipinski definition) is 6. The highest BCUT2D eigenvalue weighted by Crippen LogP contribution is 2.46. The van der Waals surface area contributed by atoms with Gasteiger partial charge >= 0.3 is 5.97 Å². The van der Waals surface area contributed by atoms with Crippen LogP contribution < -0.4 is 10.1 Å². The summed E-state index contributed by atoms with van der Waals surface area (Å²) < 4.78 is 25.5. The van der Waals surface area contributed by atoms with Gasteiger partial charge < -0.3 is 24.8 Å². The van der Waals surface area contributed by atoms with Gasteiger partial charge in [0.25, 0.3) is 5.91 Å². The van der Waals surface area contributed by atoms with Crippen molar-refractivity contribution in [3.05, 3.63) is 48.0 Å². The van der Waals surface area contributed by atoms with E-state index in [1.807, 2.05) is 24.3 Å². The molecule has 2 heterocycles. The van der Waals surface area contributed by atoms with Crippen LogP contribution in [0.15, 0.2) is 52.3 Å². The number of carboxylic acids is 1. The molecule has 32 heavy (non-hydrogen) atoms. The molecule has 2 aromatic rings. The fraction of sp³-hybridized carbons (Fsp3) is 0.318. The first kappa shape index (κ1) is 22.1. The molecule has 0 saturated carbocycles. The van der Waals surface area contributed by atoms with E-state index in [4.69, 9.17) is 9.47 Å². The van der Waals surface area contributed by atoms with Gasteiger partial charge in [0, 0.05) is 19.1 Å². The first-order valence-corrected chi connectivity index (χ1v) is 10.7. The average Bonchev–Trinajstić information content (AvgIpc) is 3.13. The number of carbonyl (C=O) groups excluding carboxylic acids is 2. The Balaban J connectivity index is 1.41. The summed E-state index contributed by atoms with van der Waals surface area (Å²) >= 11 is 1.53. The van der Waals surface area contributed by atoms with E-state index in [9.17, 15) is 23.9 Å². The number of fused-ring (bicyclic) bond motifs is 2. The molecule has 2 aromatic carbocycles. The van der Waals surface area contributed by atoms with Gasteiger partial charge in [-0.05, 0) is 30.3 Å². The third-order valence-electron chi connectivity index (χ3n) is 5.29. The van der Waals surface area contributed by atoms with Gasteiger partial charge in [0.2, 0.25) is 5.91 Å². The number of rotatable bonds is 6. The van der Waals surface area contributed by atoms with Crippen LogP contribution in [0.1, 0.15) is 16.8 Å². The lowest BCUT2D eigenvalue weighted by Gasteiger charge is -2.22. The molecule has 2 aliphatic heterocycles. The number of nitrogens with one attached hydrogen (secondary N) is 1. The molecule has 0 radical (unpaired) electrons. The second-order valence-corrected chi connectivity index (χ2v) is 8.74. The average molecular weight is 460 g/mol. The molecule has 4 rings (SSSR count). The number of halogens is 1. The summed E-state index contributed by atoms with van der Waals surface area (Å²) in [5.41, 5.74) is -1.66. The molecule has 0 aromatic heterocycles. The van der Waals surface area contributed by atoms with Gasteiger partial charge in [0.05, 0.1) is 29.5 Å². The standard InChI is InChI=1S/C22H21FN2O6S/c1-30-12-22(23)9-14(21(28)29)25(11-22)19(26)10-24-20(27)13-6-7-18-16(8-13)31-15-4-2-3-5-17(15)32-18/h2-8,14H,9-12H2,1H3,(H,24,27)(H,28,29)/t14-,22+/m0/s1. The summed E-state index contributed by atoms with van der Waals surface area (Å²) in [6.07, 6.45) is -0.364. The third kappa shape index (κ3) is 4.42. The zero-order valence-electron chi connectivity index (χ0n) is 17.2. The fourth-order valence-electron chi connectivity index (χ4n) is 3.81. The molecular weight excluding hydrogens is 439 g/mol. The molecule has 8 nitrogen and oxygen atoms in total. The van der Waals surface area contributed by atoms with E-state index in [1.165, 1.54) is 18.9 Å². The third-order valence-corrected chi connectivity index (χ3v) is 6.41. The van der Waals surface area contributed by atoms with Crippen LogP contribution in [0.4, 0.5) is 4.39 Å². The Labute approximate surface area is 187 Å². The van der Waals surface area contributed by atoms with E-state index in [2.05, 4.69) is 5.32 Å². The molecular formula is C22H21FN2O6S. The number of ether oxygens (including phenoxy) is 2. The molecule has 0 spiro atoms. The highest BCUT2D eigenvalue weighted by molar-refractivity contribution is 7.99. The molecule has 0 unspecified atom stereocenters. The second kappa shape index (κ2) is 8.79. The summed E-state index contributed by atoms with van der Waals surface area (Å²) in [4.78, 5) is 39.4. The number of benzene rings is 2. The molecule has 0 bridgehead atoms. The molecule has 1 fully saturated rings. The Morgan fingerprint density at radius 2 is 2.00 bits per heavy atom. The van der Waals surface area contributed by atoms with Gasteiger partial charge in [0.1, 0.15) is 17.5 Å². The highest BCUT2D eigenvalue weighted by Gasteiger charge is 2.49. The predicted molar refractivity (Wildman–Crippen MR) is 113 cm³/mol. The lowest BCUT2D eigenvalue weighted by atomic mass is 10.0. The predicted octanol–water partition coefficient (Wildman–Crippen LogP) is 2.71. The van der Waals surface area contributed by atoms with Crippen molar-refractivity contribution in [2.45, 2.75) is 27.9 Å². The lowest BCUT2D eigenvalue weighted by Crippen LogP contribution is -2.46. The van der Waals surface area contributed by atoms with E-state index in [-0.39, 0.29) is 18.6 Å². The summed E-state index contributed by atoms with van der Waals surface area (Å²) in [6.45, 7) is -1.18. The van der Waals surface area contributed by atoms with Crippen molar-refractivity contribution in [2.24, 2.45) is 0 Å². The number of carboxylic acid groups (broad SMARTS) is 1. The minimum Gasteiger partial charge on any atom is -0.480 e. The van der Waals surface area contributed by atoms with Gasteiger partial charge in [-0.2, -0.15) is 0 Å². The zero-order chi connectivity index (χ0) is 22.9. The Morgan fingerprint density at radius 3 is 2.75 bits per heavy atom. The molecule has 2 atom stereocenters. The first-order valence-electron chi connectivity index (χ1n) is 9.87. The minimum absolute atomic E-state index is 0.284. The van der Waals surface area contributed by atoms with Crippen molar-refractivity contribution >= 4 is 29.5 Å². The van der Waals surface area contributed by atoms with Crippen LogP contribution in [0.3, 0.4) is 0 Å². The number of carbonyl (C=O) groups is 3. The molecule has 2 N–H and O–H groups in total. The molecule has 1 saturated heterocycles. The summed E-state index contributed by atoms with van der Waals surface area (Å²) in [5.74, 6) is -1.29. The quantitative estimate of drug-likeness (QED) is 0.583. The van der Waals surface area contributed by atoms with Crippen molar-refractivity contribution < 1.29 is 33.4 Å². The first-order chi connectivity index (χ1) is 15.3. The van der Waals surface area contributed by atoms with E-state index >= 15 is 0 Å². The lowest BCUT2D eigenvalue weighted by molar-refractivity contribution is -0.147. The number of nitrogens with zero attached hydrogens (tertiary/aromatic N) is 1. The Bertz CT molecular complexity index is 1080. The van der Waals surface area contributed by atoms with Crippen molar-refractivity contribution in [1.82, 2.24) is 10.2 Å². The maximum Gasteiger partial charge on any atom is 0.326 e. The van der Waals surface area contributed by atoms with Gasteiger partial charge in [-0.25, -0.2) is 9.18 Å². The zero-order valence-corrected chi connectivity index (χ0v) is 18.0. The van der Waals surface area contributed by atoms with E-state index in [0.29, 0.717) is 11.5 Å². The molecule has 2 amide bonds. The molecule has 168 valence electrons. The number of likely N-dealkylation sites (tertiary alicyclic amines) is 1. The van der Waals surface area contributed by atoms with Crippen LogP contribution in [-0.4, -0.2) is 66.3 Å². The molecule has 0 aliphatic carbocycles. The number of aliphatic carboxylic acids is 1. The largest absolute Gasteiger partial charge is 0.480 e.